The number of esters is 1. The molecule has 0 radical (unpaired) electrons. The van der Waals surface area contributed by atoms with Crippen LogP contribution in [0.4, 0.5) is 5.69 Å². The molecule has 1 aliphatic heterocycles. The molecule has 0 fully saturated rings. The quantitative estimate of drug-likeness (QED) is 0.454. The topological polar surface area (TPSA) is 59.5 Å². The first-order chi connectivity index (χ1) is 14.6. The average molecular weight is 419 g/mol. The van der Waals surface area contributed by atoms with Crippen LogP contribution in [0.1, 0.15) is 19.0 Å². The van der Waals surface area contributed by atoms with E-state index in [9.17, 15) is 9.59 Å². The number of nitrogens with zero attached hydrogens (tertiary/aromatic N) is 2. The van der Waals surface area contributed by atoms with Crippen LogP contribution in [-0.4, -0.2) is 35.3 Å². The van der Waals surface area contributed by atoms with E-state index in [0.29, 0.717) is 17.5 Å². The summed E-state index contributed by atoms with van der Waals surface area (Å²) in [5.74, 6) is -0.785. The lowest BCUT2D eigenvalue weighted by molar-refractivity contribution is -0.142. The van der Waals surface area contributed by atoms with Crippen molar-refractivity contribution in [1.82, 2.24) is 4.98 Å². The van der Waals surface area contributed by atoms with E-state index in [-0.39, 0.29) is 12.5 Å². The maximum Gasteiger partial charge on any atom is 0.331 e. The lowest BCUT2D eigenvalue weighted by atomic mass is 10.2. The second-order valence-corrected chi connectivity index (χ2v) is 8.58. The van der Waals surface area contributed by atoms with Gasteiger partial charge < -0.3 is 9.64 Å². The molecule has 4 rings (SSSR count). The van der Waals surface area contributed by atoms with E-state index in [1.165, 1.54) is 6.08 Å². The minimum Gasteiger partial charge on any atom is -0.452 e. The number of benzene rings is 2. The van der Waals surface area contributed by atoms with Gasteiger partial charge in [0.2, 0.25) is 0 Å². The van der Waals surface area contributed by atoms with Crippen molar-refractivity contribution in [2.75, 3.05) is 18.1 Å². The fourth-order valence-electron chi connectivity index (χ4n) is 3.33. The highest BCUT2D eigenvalue weighted by atomic mass is 32.2. The van der Waals surface area contributed by atoms with E-state index in [1.807, 2.05) is 60.7 Å². The molecule has 3 aromatic rings. The zero-order chi connectivity index (χ0) is 20.9. The number of aromatic nitrogens is 1. The van der Waals surface area contributed by atoms with Crippen molar-refractivity contribution < 1.29 is 14.3 Å². The number of para-hydroxylation sites is 2. The monoisotopic (exact) mass is 418 g/mol. The smallest absolute Gasteiger partial charge is 0.331 e. The molecule has 1 unspecified atom stereocenters. The van der Waals surface area contributed by atoms with Crippen molar-refractivity contribution in [3.63, 3.8) is 0 Å². The number of thioether (sulfide) groups is 1. The fourth-order valence-corrected chi connectivity index (χ4v) is 4.45. The molecule has 1 aromatic heterocycles. The minimum atomic E-state index is -0.566. The maximum atomic E-state index is 12.7. The van der Waals surface area contributed by atoms with Gasteiger partial charge in [-0.15, -0.1) is 11.8 Å². The molecule has 2 aromatic carbocycles. The Morgan fingerprint density at radius 3 is 2.83 bits per heavy atom. The van der Waals surface area contributed by atoms with Crippen molar-refractivity contribution in [1.29, 1.82) is 0 Å². The molecule has 152 valence electrons. The Bertz CT molecular complexity index is 1110. The molecule has 0 N–H and O–H groups in total. The Labute approximate surface area is 179 Å². The summed E-state index contributed by atoms with van der Waals surface area (Å²) >= 11 is 1.76. The summed E-state index contributed by atoms with van der Waals surface area (Å²) in [7, 11) is 0. The van der Waals surface area contributed by atoms with E-state index >= 15 is 0 Å². The van der Waals surface area contributed by atoms with Crippen LogP contribution in [0.2, 0.25) is 0 Å². The van der Waals surface area contributed by atoms with Crippen LogP contribution in [0.15, 0.2) is 71.6 Å². The van der Waals surface area contributed by atoms with Gasteiger partial charge in [0.1, 0.15) is 0 Å². The van der Waals surface area contributed by atoms with E-state index in [1.54, 1.807) is 22.7 Å². The van der Waals surface area contributed by atoms with Gasteiger partial charge in [-0.3, -0.25) is 4.79 Å². The molecule has 1 aliphatic rings. The molecule has 6 heteroatoms. The van der Waals surface area contributed by atoms with E-state index < -0.39 is 5.97 Å². The maximum absolute atomic E-state index is 12.7. The number of carbonyl (C=O) groups excluding carboxylic acids is 2. The molecule has 0 spiro atoms. The molecule has 30 heavy (non-hydrogen) atoms. The van der Waals surface area contributed by atoms with Crippen LogP contribution in [0.5, 0.6) is 0 Å². The zero-order valence-electron chi connectivity index (χ0n) is 16.7. The number of hydrogen-bond acceptors (Lipinski definition) is 5. The number of hydrogen-bond donors (Lipinski definition) is 0. The summed E-state index contributed by atoms with van der Waals surface area (Å²) in [6.07, 6.45) is 3.78. The third kappa shape index (κ3) is 4.71. The standard InChI is InChI=1S/C24H22N2O3S/c1-17-14-15-26(21-8-4-5-9-22(21)30-17)23(27)16-29-24(28)13-12-19-11-10-18-6-2-3-7-20(18)25-19/h2-13,17H,14-16H2,1H3/b13-12+. The van der Waals surface area contributed by atoms with Gasteiger partial charge in [-0.2, -0.15) is 0 Å². The van der Waals surface area contributed by atoms with Crippen LogP contribution >= 0.6 is 11.8 Å². The summed E-state index contributed by atoms with van der Waals surface area (Å²) in [6.45, 7) is 2.47. The molecule has 5 nitrogen and oxygen atoms in total. The average Bonchev–Trinajstić information content (AvgIpc) is 2.94. The van der Waals surface area contributed by atoms with Gasteiger partial charge in [0.15, 0.2) is 6.61 Å². The first-order valence-electron chi connectivity index (χ1n) is 9.87. The number of amides is 1. The van der Waals surface area contributed by atoms with E-state index in [0.717, 1.165) is 27.9 Å². The Kier molecular flexibility index (Phi) is 6.14. The van der Waals surface area contributed by atoms with Crippen molar-refractivity contribution >= 4 is 46.3 Å². The summed E-state index contributed by atoms with van der Waals surface area (Å²) in [5.41, 5.74) is 2.39. The summed E-state index contributed by atoms with van der Waals surface area (Å²) in [6, 6.07) is 19.4. The van der Waals surface area contributed by atoms with Gasteiger partial charge in [-0.05, 0) is 36.8 Å². The fraction of sp³-hybridized carbons (Fsp3) is 0.208. The molecule has 0 saturated carbocycles. The minimum absolute atomic E-state index is 0.220. The third-order valence-corrected chi connectivity index (χ3v) is 6.13. The number of carbonyl (C=O) groups is 2. The van der Waals surface area contributed by atoms with Gasteiger partial charge in [-0.25, -0.2) is 9.78 Å². The molecule has 1 amide bonds. The molecule has 0 aliphatic carbocycles. The molecular weight excluding hydrogens is 396 g/mol. The number of rotatable bonds is 4. The van der Waals surface area contributed by atoms with Gasteiger partial charge in [-0.1, -0.05) is 43.3 Å². The predicted octanol–water partition coefficient (Wildman–Crippen LogP) is 4.71. The van der Waals surface area contributed by atoms with Crippen LogP contribution < -0.4 is 4.90 Å². The number of pyridine rings is 1. The summed E-state index contributed by atoms with van der Waals surface area (Å²) < 4.78 is 5.20. The Morgan fingerprint density at radius 2 is 1.93 bits per heavy atom. The molecule has 0 bridgehead atoms. The number of ether oxygens (including phenoxy) is 1. The highest BCUT2D eigenvalue weighted by molar-refractivity contribution is 8.00. The molecular formula is C24H22N2O3S. The van der Waals surface area contributed by atoms with Crippen LogP contribution in [0.25, 0.3) is 17.0 Å². The van der Waals surface area contributed by atoms with E-state index in [2.05, 4.69) is 11.9 Å². The molecule has 2 heterocycles. The van der Waals surface area contributed by atoms with Gasteiger partial charge in [0.05, 0.1) is 16.9 Å². The van der Waals surface area contributed by atoms with Crippen LogP contribution in [0, 0.1) is 0 Å². The van der Waals surface area contributed by atoms with Crippen molar-refractivity contribution in [3.05, 3.63) is 72.4 Å². The number of fused-ring (bicyclic) bond motifs is 2. The second kappa shape index (κ2) is 9.13. The van der Waals surface area contributed by atoms with Crippen molar-refractivity contribution in [3.8, 4) is 0 Å². The first kappa shape index (κ1) is 20.2. The Hall–Kier alpha value is -3.12. The normalized spacial score (nSPS) is 16.3. The predicted molar refractivity (Wildman–Crippen MR) is 120 cm³/mol. The van der Waals surface area contributed by atoms with Gasteiger partial charge in [0, 0.05) is 28.2 Å². The highest BCUT2D eigenvalue weighted by Gasteiger charge is 2.24. The van der Waals surface area contributed by atoms with Crippen molar-refractivity contribution in [2.24, 2.45) is 0 Å². The van der Waals surface area contributed by atoms with E-state index in [4.69, 9.17) is 4.74 Å². The van der Waals surface area contributed by atoms with Crippen LogP contribution in [-0.2, 0) is 14.3 Å². The zero-order valence-corrected chi connectivity index (χ0v) is 17.5. The lowest BCUT2D eigenvalue weighted by Gasteiger charge is -2.22. The Balaban J connectivity index is 1.38. The second-order valence-electron chi connectivity index (χ2n) is 7.10. The van der Waals surface area contributed by atoms with Crippen LogP contribution in [0.3, 0.4) is 0 Å². The molecule has 0 saturated heterocycles. The van der Waals surface area contributed by atoms with Gasteiger partial charge in [0.25, 0.3) is 5.91 Å². The summed E-state index contributed by atoms with van der Waals surface area (Å²) in [5, 5.41) is 1.46. The first-order valence-corrected chi connectivity index (χ1v) is 10.7. The SMILES string of the molecule is CC1CCN(C(=O)COC(=O)/C=C/c2ccc3ccccc3n2)c2ccccc2S1. The third-order valence-electron chi connectivity index (χ3n) is 4.89. The number of anilines is 1. The lowest BCUT2D eigenvalue weighted by Crippen LogP contribution is -2.35. The van der Waals surface area contributed by atoms with Gasteiger partial charge >= 0.3 is 5.97 Å². The largest absolute Gasteiger partial charge is 0.452 e. The molecule has 1 atom stereocenters. The highest BCUT2D eigenvalue weighted by Crippen LogP contribution is 2.37. The summed E-state index contributed by atoms with van der Waals surface area (Å²) in [4.78, 5) is 32.1. The van der Waals surface area contributed by atoms with Crippen molar-refractivity contribution in [2.45, 2.75) is 23.5 Å². The Morgan fingerprint density at radius 1 is 1.13 bits per heavy atom.